The van der Waals surface area contributed by atoms with Gasteiger partial charge in [0.2, 0.25) is 17.1 Å². The molecule has 664 valence electrons. The SMILES string of the molecule is Cc1ccc2c(n1)oc1c(N3C=CN(C)[C@@H]3C)c(C)ccc12.Cc1ccc2c(n1)oc1c(N3C=CN(c4c(C(C)C)cccc4C(C)C)[C@@H]3C)c(C)ccc12.Cc1ccc2c(oc3ccccc32)c1N1C=CN(C)[C@@H]1C.Cc1ccc2c(oc3ccccc32)c1N1C=CN(c2c(C(C)C)cccc2C(C)C)[C@@H]1C.[2H]C([2H])([2H])N1C=CN(c2c(C)ccc3c2oc2nc(C)ccc23)[C@H]1C. The molecule has 17 aromatic rings. The molecule has 9 aromatic carbocycles. The van der Waals surface area contributed by atoms with Crippen molar-refractivity contribution in [3.63, 3.8) is 0 Å². The van der Waals surface area contributed by atoms with Crippen molar-refractivity contribution in [1.29, 1.82) is 0 Å². The van der Waals surface area contributed by atoms with Crippen LogP contribution >= 0.6 is 0 Å². The van der Waals surface area contributed by atoms with Crippen molar-refractivity contribution >= 4 is 150 Å². The highest BCUT2D eigenvalue weighted by Gasteiger charge is 2.36. The van der Waals surface area contributed by atoms with Crippen LogP contribution in [0.4, 0.5) is 39.8 Å². The first-order valence-electron chi connectivity index (χ1n) is 47.2. The maximum absolute atomic E-state index is 7.69. The van der Waals surface area contributed by atoms with Crippen molar-refractivity contribution in [3.8, 4) is 0 Å². The van der Waals surface area contributed by atoms with E-state index in [1.54, 1.807) is 12.4 Å². The van der Waals surface area contributed by atoms with Crippen LogP contribution in [0.15, 0.2) is 266 Å². The zero-order chi connectivity index (χ0) is 93.9. The molecular weight excluding hydrogens is 1610 g/mol. The van der Waals surface area contributed by atoms with Crippen molar-refractivity contribution in [2.24, 2.45) is 0 Å². The fourth-order valence-corrected chi connectivity index (χ4v) is 19.3. The van der Waals surface area contributed by atoms with Gasteiger partial charge >= 0.3 is 0 Å². The zero-order valence-electron chi connectivity index (χ0n) is 82.1. The highest BCUT2D eigenvalue weighted by atomic mass is 16.4. The summed E-state index contributed by atoms with van der Waals surface area (Å²) in [7, 11) is 4.18. The lowest BCUT2D eigenvalue weighted by molar-refractivity contribution is 0.383. The predicted molar refractivity (Wildman–Crippen MR) is 543 cm³/mol. The number of rotatable bonds is 11. The Kier molecular flexibility index (Phi) is 22.1. The second kappa shape index (κ2) is 34.6. The number of nitrogens with zero attached hydrogens (tertiary/aromatic N) is 13. The lowest BCUT2D eigenvalue weighted by Crippen LogP contribution is -2.37. The Morgan fingerprint density at radius 3 is 0.754 bits per heavy atom. The lowest BCUT2D eigenvalue weighted by Gasteiger charge is -2.34. The van der Waals surface area contributed by atoms with Crippen LogP contribution in [0.25, 0.3) is 110 Å². The molecule has 0 aliphatic carbocycles. The van der Waals surface area contributed by atoms with E-state index < -0.39 is 6.98 Å². The summed E-state index contributed by atoms with van der Waals surface area (Å²) in [5.41, 5.74) is 30.8. The van der Waals surface area contributed by atoms with Gasteiger partial charge in [0, 0.05) is 170 Å². The molecule has 0 saturated carbocycles. The molecule has 0 bridgehead atoms. The van der Waals surface area contributed by atoms with E-state index in [0.717, 1.165) is 122 Å². The zero-order valence-corrected chi connectivity index (χ0v) is 79.1. The number of aromatic nitrogens is 3. The van der Waals surface area contributed by atoms with Gasteiger partial charge in [0.15, 0.2) is 27.9 Å². The van der Waals surface area contributed by atoms with Crippen molar-refractivity contribution in [2.75, 3.05) is 55.4 Å². The van der Waals surface area contributed by atoms with Crippen LogP contribution in [0.1, 0.15) is 185 Å². The summed E-state index contributed by atoms with van der Waals surface area (Å²) in [6.45, 7) is 43.4. The molecule has 5 atom stereocenters. The van der Waals surface area contributed by atoms with E-state index in [1.807, 2.05) is 94.1 Å². The molecule has 0 saturated heterocycles. The quantitative estimate of drug-likeness (QED) is 0.121. The number of fused-ring (bicyclic) bond motifs is 15. The monoisotopic (exact) mass is 1730 g/mol. The topological polar surface area (TPSA) is 137 Å². The number of anilines is 7. The van der Waals surface area contributed by atoms with Crippen LogP contribution in [0.2, 0.25) is 0 Å². The molecule has 8 aromatic heterocycles. The van der Waals surface area contributed by atoms with Gasteiger partial charge < -0.3 is 71.1 Å². The van der Waals surface area contributed by atoms with Gasteiger partial charge in [-0.25, -0.2) is 15.0 Å². The molecule has 0 spiro atoms. The highest BCUT2D eigenvalue weighted by Crippen LogP contribution is 2.49. The third-order valence-corrected chi connectivity index (χ3v) is 26.9. The maximum Gasteiger partial charge on any atom is 0.227 e. The number of aryl methyl sites for hydroxylation is 8. The van der Waals surface area contributed by atoms with Crippen LogP contribution in [0.5, 0.6) is 0 Å². The normalized spacial score (nSPS) is 17.7. The van der Waals surface area contributed by atoms with Gasteiger partial charge in [-0.2, -0.15) is 0 Å². The first-order chi connectivity index (χ1) is 63.6. The second-order valence-electron chi connectivity index (χ2n) is 36.9. The summed E-state index contributed by atoms with van der Waals surface area (Å²) >= 11 is 0. The van der Waals surface area contributed by atoms with Crippen LogP contribution in [0, 0.1) is 55.4 Å². The Morgan fingerprint density at radius 2 is 0.485 bits per heavy atom. The third-order valence-electron chi connectivity index (χ3n) is 26.9. The minimum atomic E-state index is -2.18. The van der Waals surface area contributed by atoms with Crippen LogP contribution in [0.3, 0.4) is 0 Å². The van der Waals surface area contributed by atoms with E-state index in [2.05, 4.69) is 356 Å². The van der Waals surface area contributed by atoms with Crippen molar-refractivity contribution < 1.29 is 26.2 Å². The summed E-state index contributed by atoms with van der Waals surface area (Å²) < 4.78 is 54.2. The van der Waals surface area contributed by atoms with E-state index in [1.165, 1.54) is 82.3 Å². The molecule has 13 heterocycles. The Balaban J connectivity index is 0.000000113. The first kappa shape index (κ1) is 83.1. The molecule has 0 amide bonds. The second-order valence-corrected chi connectivity index (χ2v) is 36.9. The Hall–Kier alpha value is -13.9. The Bertz CT molecular complexity index is 7470. The standard InChI is InChI=1S/C29H33N3O.C29H32N2O.2C18H19N3O.C18H18N2O/c1-17(2)22-9-8-10-23(18(3)4)27(22)32-16-15-31(21(32)7)26-19(5)11-13-24-25-14-12-20(6)30-29(25)33-28(24)26;1-18(2)22-11-9-12-23(19(3)4)28(22)31-17-16-30(21(31)6)27-20(5)14-15-25-24-10-7-8-13-26(24)32-29(25)27;2*1-11-5-7-14-15-8-6-12(2)19-18(15)22-17(14)16(11)21-10-9-20(4)13(21)3;1-12-8-9-15-14-6-4-5-7-16(14)21-18(15)17(12)20-11-10-19(3)13(20)2/h8-18,21H,1-7H3;7-19,21H,1-6H3;2*5-10,13H,1-4H3;4-11,13H,1-3H3/t2*21-;3*13-/m11000/s1/i;;4D3;;. The summed E-state index contributed by atoms with van der Waals surface area (Å²) in [5, 5.41) is 11.0. The van der Waals surface area contributed by atoms with E-state index >= 15 is 0 Å². The molecule has 5 aliphatic heterocycles. The smallest absolute Gasteiger partial charge is 0.227 e. The van der Waals surface area contributed by atoms with Crippen LogP contribution in [-0.4, -0.2) is 81.6 Å². The average Bonchev–Trinajstić information content (AvgIpc) is 1.61. The molecule has 18 nitrogen and oxygen atoms in total. The van der Waals surface area contributed by atoms with E-state index in [4.69, 9.17) is 26.2 Å². The minimum absolute atomic E-state index is 0.120. The van der Waals surface area contributed by atoms with Gasteiger partial charge in [0.1, 0.15) is 42.0 Å². The molecule has 0 fully saturated rings. The number of pyridine rings is 3. The number of benzene rings is 9. The highest BCUT2D eigenvalue weighted by molar-refractivity contribution is 6.14. The Labute approximate surface area is 767 Å². The van der Waals surface area contributed by atoms with Crippen LogP contribution < -0.4 is 34.3 Å². The van der Waals surface area contributed by atoms with Gasteiger partial charge in [-0.05, 0) is 212 Å². The predicted octanol–water partition coefficient (Wildman–Crippen LogP) is 29.1. The van der Waals surface area contributed by atoms with Crippen molar-refractivity contribution in [2.45, 2.75) is 200 Å². The molecule has 0 radical (unpaired) electrons. The van der Waals surface area contributed by atoms with Crippen molar-refractivity contribution in [3.05, 3.63) is 311 Å². The molecule has 0 N–H and O–H groups in total. The average molecular weight is 1730 g/mol. The number of hydrogen-bond acceptors (Lipinski definition) is 18. The molecule has 22 rings (SSSR count). The van der Waals surface area contributed by atoms with Gasteiger partial charge in [-0.3, -0.25) is 0 Å². The molecule has 0 unspecified atom stereocenters. The lowest BCUT2D eigenvalue weighted by atomic mass is 9.92. The molecule has 130 heavy (non-hydrogen) atoms. The van der Waals surface area contributed by atoms with Gasteiger partial charge in [0.05, 0.1) is 28.4 Å². The number of hydrogen-bond donors (Lipinski definition) is 0. The van der Waals surface area contributed by atoms with E-state index in [-0.39, 0.29) is 24.7 Å². The fourth-order valence-electron chi connectivity index (χ4n) is 19.3. The van der Waals surface area contributed by atoms with Crippen LogP contribution in [-0.2, 0) is 0 Å². The summed E-state index contributed by atoms with van der Waals surface area (Å²) in [6, 6.07) is 63.8. The molecule has 18 heteroatoms. The fraction of sp³-hybridized carbons (Fsp3) is 0.295. The van der Waals surface area contributed by atoms with Gasteiger partial charge in [-0.1, -0.05) is 189 Å². The Morgan fingerprint density at radius 1 is 0.246 bits per heavy atom. The first-order valence-corrected chi connectivity index (χ1v) is 45.7. The summed E-state index contributed by atoms with van der Waals surface area (Å²) in [5.74, 6) is 1.81. The number of furan rings is 5. The van der Waals surface area contributed by atoms with E-state index in [0.29, 0.717) is 47.0 Å². The van der Waals surface area contributed by atoms with Gasteiger partial charge in [-0.15, -0.1) is 0 Å². The molecule has 5 aliphatic rings. The minimum Gasteiger partial charge on any atom is -0.454 e. The van der Waals surface area contributed by atoms with E-state index in [9.17, 15) is 0 Å². The molecular formula is C112H121N13O5. The number of para-hydroxylation sites is 4. The van der Waals surface area contributed by atoms with Crippen molar-refractivity contribution in [1.82, 2.24) is 29.7 Å². The maximum atomic E-state index is 7.69. The third kappa shape index (κ3) is 15.3. The largest absolute Gasteiger partial charge is 0.454 e. The van der Waals surface area contributed by atoms with Gasteiger partial charge in [0.25, 0.3) is 0 Å². The summed E-state index contributed by atoms with van der Waals surface area (Å²) in [6.07, 6.45) is 21.2. The summed E-state index contributed by atoms with van der Waals surface area (Å²) in [4.78, 5) is 35.4.